The maximum atomic E-state index is 13.2. The Hall–Kier alpha value is -1.09. The Kier molecular flexibility index (Phi) is 4.80. The summed E-state index contributed by atoms with van der Waals surface area (Å²) in [5.74, 6) is 0.0941. The molecule has 17 heavy (non-hydrogen) atoms. The molecule has 0 radical (unpaired) electrons. The highest BCUT2D eigenvalue weighted by Gasteiger charge is 2.09. The molecule has 1 saturated heterocycles. The summed E-state index contributed by atoms with van der Waals surface area (Å²) in [4.78, 5) is 2.47. The number of para-hydroxylation sites is 1. The number of nitrogens with zero attached hydrogens (tertiary/aromatic N) is 1. The smallest absolute Gasteiger partial charge is 0.165 e. The van der Waals surface area contributed by atoms with Crippen LogP contribution in [0.1, 0.15) is 25.7 Å². The average Bonchev–Trinajstić information content (AvgIpc) is 2.38. The lowest BCUT2D eigenvalue weighted by atomic mass is 10.1. The van der Waals surface area contributed by atoms with Crippen molar-refractivity contribution < 1.29 is 9.13 Å². The third-order valence-electron chi connectivity index (χ3n) is 3.16. The SMILES string of the molecule is Fc1ccccc1OCCCN1CCCCC1. The van der Waals surface area contributed by atoms with Crippen LogP contribution >= 0.6 is 0 Å². The van der Waals surface area contributed by atoms with Crippen LogP contribution in [0, 0.1) is 5.82 Å². The van der Waals surface area contributed by atoms with Crippen LogP contribution in [0.2, 0.25) is 0 Å². The number of piperidine rings is 1. The second-order valence-corrected chi connectivity index (χ2v) is 4.53. The van der Waals surface area contributed by atoms with Crippen LogP contribution in [0.25, 0.3) is 0 Å². The number of likely N-dealkylation sites (tertiary alicyclic amines) is 1. The predicted octanol–water partition coefficient (Wildman–Crippen LogP) is 3.08. The van der Waals surface area contributed by atoms with Gasteiger partial charge in [-0.1, -0.05) is 18.6 Å². The molecule has 1 aromatic rings. The van der Waals surface area contributed by atoms with E-state index in [1.807, 2.05) is 0 Å². The van der Waals surface area contributed by atoms with Crippen molar-refractivity contribution in [1.82, 2.24) is 4.90 Å². The van der Waals surface area contributed by atoms with Crippen molar-refractivity contribution in [3.63, 3.8) is 0 Å². The van der Waals surface area contributed by atoms with Crippen LogP contribution in [0.15, 0.2) is 24.3 Å². The van der Waals surface area contributed by atoms with E-state index in [-0.39, 0.29) is 5.82 Å². The Labute approximate surface area is 102 Å². The second kappa shape index (κ2) is 6.60. The summed E-state index contributed by atoms with van der Waals surface area (Å²) >= 11 is 0. The zero-order valence-electron chi connectivity index (χ0n) is 10.2. The van der Waals surface area contributed by atoms with Gasteiger partial charge in [-0.25, -0.2) is 4.39 Å². The van der Waals surface area contributed by atoms with Gasteiger partial charge in [0.15, 0.2) is 11.6 Å². The summed E-state index contributed by atoms with van der Waals surface area (Å²) < 4.78 is 18.7. The predicted molar refractivity (Wildman–Crippen MR) is 66.8 cm³/mol. The van der Waals surface area contributed by atoms with Crippen LogP contribution in [0.3, 0.4) is 0 Å². The lowest BCUT2D eigenvalue weighted by molar-refractivity contribution is 0.203. The molecule has 2 nitrogen and oxygen atoms in total. The van der Waals surface area contributed by atoms with Crippen LogP contribution in [-0.4, -0.2) is 31.1 Å². The van der Waals surface area contributed by atoms with E-state index in [4.69, 9.17) is 4.74 Å². The summed E-state index contributed by atoms with van der Waals surface area (Å²) in [6.07, 6.45) is 4.96. The molecule has 1 aromatic carbocycles. The second-order valence-electron chi connectivity index (χ2n) is 4.53. The van der Waals surface area contributed by atoms with E-state index in [1.165, 1.54) is 38.4 Å². The molecular weight excluding hydrogens is 217 g/mol. The Balaban J connectivity index is 1.64. The Morgan fingerprint density at radius 1 is 1.12 bits per heavy atom. The van der Waals surface area contributed by atoms with E-state index in [9.17, 15) is 4.39 Å². The summed E-state index contributed by atoms with van der Waals surface area (Å²) in [7, 11) is 0. The highest BCUT2D eigenvalue weighted by atomic mass is 19.1. The first-order valence-electron chi connectivity index (χ1n) is 6.46. The van der Waals surface area contributed by atoms with Crippen molar-refractivity contribution in [2.75, 3.05) is 26.2 Å². The first kappa shape index (κ1) is 12.4. The fourth-order valence-corrected chi connectivity index (χ4v) is 2.22. The normalized spacial score (nSPS) is 17.0. The largest absolute Gasteiger partial charge is 0.490 e. The maximum Gasteiger partial charge on any atom is 0.165 e. The minimum Gasteiger partial charge on any atom is -0.490 e. The number of benzene rings is 1. The quantitative estimate of drug-likeness (QED) is 0.730. The summed E-state index contributed by atoms with van der Waals surface area (Å²) in [6.45, 7) is 4.07. The third kappa shape index (κ3) is 4.00. The average molecular weight is 237 g/mol. The van der Waals surface area contributed by atoms with E-state index in [1.54, 1.807) is 18.2 Å². The molecule has 2 rings (SSSR count). The third-order valence-corrected chi connectivity index (χ3v) is 3.16. The molecule has 1 aliphatic heterocycles. The van der Waals surface area contributed by atoms with Crippen LogP contribution < -0.4 is 4.74 Å². The van der Waals surface area contributed by atoms with Crippen LogP contribution in [-0.2, 0) is 0 Å². The van der Waals surface area contributed by atoms with Gasteiger partial charge in [0.05, 0.1) is 6.61 Å². The summed E-state index contributed by atoms with van der Waals surface area (Å²) in [5, 5.41) is 0. The minimum absolute atomic E-state index is 0.273. The Morgan fingerprint density at radius 2 is 1.88 bits per heavy atom. The van der Waals surface area contributed by atoms with Crippen molar-refractivity contribution in [1.29, 1.82) is 0 Å². The molecule has 3 heteroatoms. The van der Waals surface area contributed by atoms with Gasteiger partial charge in [-0.15, -0.1) is 0 Å². The van der Waals surface area contributed by atoms with Gasteiger partial charge in [0.1, 0.15) is 0 Å². The zero-order valence-corrected chi connectivity index (χ0v) is 10.2. The molecule has 0 aliphatic carbocycles. The highest BCUT2D eigenvalue weighted by Crippen LogP contribution is 2.15. The van der Waals surface area contributed by atoms with Gasteiger partial charge < -0.3 is 9.64 Å². The molecule has 0 aromatic heterocycles. The van der Waals surface area contributed by atoms with Crippen molar-refractivity contribution in [2.24, 2.45) is 0 Å². The fourth-order valence-electron chi connectivity index (χ4n) is 2.22. The fraction of sp³-hybridized carbons (Fsp3) is 0.571. The molecular formula is C14H20FNO. The molecule has 0 atom stereocenters. The van der Waals surface area contributed by atoms with E-state index < -0.39 is 0 Å². The van der Waals surface area contributed by atoms with Crippen molar-refractivity contribution in [2.45, 2.75) is 25.7 Å². The molecule has 0 spiro atoms. The lowest BCUT2D eigenvalue weighted by Crippen LogP contribution is -2.31. The van der Waals surface area contributed by atoms with Gasteiger partial charge in [-0.2, -0.15) is 0 Å². The van der Waals surface area contributed by atoms with Gasteiger partial charge in [-0.05, 0) is 44.5 Å². The maximum absolute atomic E-state index is 13.2. The van der Waals surface area contributed by atoms with Gasteiger partial charge in [0.2, 0.25) is 0 Å². The van der Waals surface area contributed by atoms with Crippen molar-refractivity contribution >= 4 is 0 Å². The summed E-state index contributed by atoms with van der Waals surface area (Å²) in [5.41, 5.74) is 0. The topological polar surface area (TPSA) is 12.5 Å². The van der Waals surface area contributed by atoms with E-state index in [2.05, 4.69) is 4.90 Å². The lowest BCUT2D eigenvalue weighted by Gasteiger charge is -2.26. The molecule has 0 bridgehead atoms. The van der Waals surface area contributed by atoms with Crippen LogP contribution in [0.4, 0.5) is 4.39 Å². The number of hydrogen-bond acceptors (Lipinski definition) is 2. The molecule has 0 unspecified atom stereocenters. The van der Waals surface area contributed by atoms with E-state index >= 15 is 0 Å². The summed E-state index contributed by atoms with van der Waals surface area (Å²) in [6, 6.07) is 6.58. The molecule has 1 aliphatic rings. The molecule has 94 valence electrons. The van der Waals surface area contributed by atoms with Crippen molar-refractivity contribution in [3.05, 3.63) is 30.1 Å². The van der Waals surface area contributed by atoms with E-state index in [0.29, 0.717) is 12.4 Å². The number of hydrogen-bond donors (Lipinski definition) is 0. The molecule has 0 saturated carbocycles. The van der Waals surface area contributed by atoms with Gasteiger partial charge in [0, 0.05) is 6.54 Å². The van der Waals surface area contributed by atoms with Gasteiger partial charge in [0.25, 0.3) is 0 Å². The highest BCUT2D eigenvalue weighted by molar-refractivity contribution is 5.23. The van der Waals surface area contributed by atoms with Crippen molar-refractivity contribution in [3.8, 4) is 5.75 Å². The first-order valence-corrected chi connectivity index (χ1v) is 6.46. The zero-order chi connectivity index (χ0) is 11.9. The number of ether oxygens (including phenoxy) is 1. The van der Waals surface area contributed by atoms with Gasteiger partial charge in [-0.3, -0.25) is 0 Å². The number of rotatable bonds is 5. The van der Waals surface area contributed by atoms with E-state index in [0.717, 1.165) is 13.0 Å². The standard InChI is InChI=1S/C14H20FNO/c15-13-7-2-3-8-14(13)17-12-6-11-16-9-4-1-5-10-16/h2-3,7-8H,1,4-6,9-12H2. The molecule has 0 amide bonds. The monoisotopic (exact) mass is 237 g/mol. The Bertz CT molecular complexity index is 337. The molecule has 1 fully saturated rings. The van der Waals surface area contributed by atoms with Crippen LogP contribution in [0.5, 0.6) is 5.75 Å². The Morgan fingerprint density at radius 3 is 2.65 bits per heavy atom. The molecule has 1 heterocycles. The number of halogens is 1. The molecule has 0 N–H and O–H groups in total. The minimum atomic E-state index is -0.273. The van der Waals surface area contributed by atoms with Gasteiger partial charge >= 0.3 is 0 Å². The first-order chi connectivity index (χ1) is 8.36.